The van der Waals surface area contributed by atoms with Crippen LogP contribution in [0.4, 0.5) is 0 Å². The first-order chi connectivity index (χ1) is 20.6. The number of hydrogen-bond donors (Lipinski definition) is 0. The fraction of sp³-hybridized carbons (Fsp3) is 0.364. The molecule has 0 fully saturated rings. The number of ether oxygens (including phenoxy) is 1. The van der Waals surface area contributed by atoms with Gasteiger partial charge in [0.2, 0.25) is 5.91 Å². The van der Waals surface area contributed by atoms with Crippen molar-refractivity contribution >= 4 is 40.0 Å². The summed E-state index contributed by atoms with van der Waals surface area (Å²) in [6.07, 6.45) is 0.693. The van der Waals surface area contributed by atoms with Gasteiger partial charge in [-0.2, -0.15) is 0 Å². The molecule has 0 N–H and O–H groups in total. The number of amides is 1. The van der Waals surface area contributed by atoms with Crippen LogP contribution in [0.1, 0.15) is 30.8 Å². The average molecular weight is 625 g/mol. The van der Waals surface area contributed by atoms with E-state index >= 15 is 0 Å². The number of benzene rings is 3. The monoisotopic (exact) mass is 623 g/mol. The highest BCUT2D eigenvalue weighted by molar-refractivity contribution is 6.42. The predicted octanol–water partition coefficient (Wildman–Crippen LogP) is 5.72. The molecule has 228 valence electrons. The summed E-state index contributed by atoms with van der Waals surface area (Å²) in [7, 11) is 7.93. The molecule has 8 nitrogen and oxygen atoms in total. The Hall–Kier alpha value is -3.43. The minimum atomic E-state index is -0.499. The maximum Gasteiger partial charge on any atom is 0.266 e. The molecule has 0 aliphatic carbocycles. The van der Waals surface area contributed by atoms with E-state index in [1.54, 1.807) is 22.8 Å². The van der Waals surface area contributed by atoms with Crippen LogP contribution in [0.15, 0.2) is 71.5 Å². The average Bonchev–Trinajstić information content (AvgIpc) is 2.97. The van der Waals surface area contributed by atoms with Crippen LogP contribution in [-0.2, 0) is 11.2 Å². The molecule has 4 rings (SSSR count). The second-order valence-corrected chi connectivity index (χ2v) is 11.8. The van der Waals surface area contributed by atoms with Gasteiger partial charge in [0.15, 0.2) is 0 Å². The van der Waals surface area contributed by atoms with Crippen molar-refractivity contribution in [3.8, 4) is 11.4 Å². The standard InChI is InChI=1S/C33H39Cl2N5O3/c1-6-43-25-14-12-24(13-15-25)40-32(36-29-10-8-7-9-26(29)33(40)42)30(17-18-37(2)3)39(20-19-38(4)5)31(41)22-23-11-16-27(34)28(35)21-23/h7-16,21,30H,6,17-20,22H2,1-5H3. The summed E-state index contributed by atoms with van der Waals surface area (Å²) < 4.78 is 7.30. The van der Waals surface area contributed by atoms with E-state index in [0.717, 1.165) is 5.56 Å². The first kappa shape index (κ1) is 32.5. The Labute approximate surface area is 263 Å². The number of carbonyl (C=O) groups excluding carboxylic acids is 1. The topological polar surface area (TPSA) is 70.9 Å². The molecule has 1 aromatic heterocycles. The number of para-hydroxylation sites is 1. The third-order valence-corrected chi connectivity index (χ3v) is 7.92. The van der Waals surface area contributed by atoms with E-state index in [-0.39, 0.29) is 17.9 Å². The maximum absolute atomic E-state index is 14.2. The van der Waals surface area contributed by atoms with E-state index < -0.39 is 6.04 Å². The van der Waals surface area contributed by atoms with E-state index in [9.17, 15) is 9.59 Å². The van der Waals surface area contributed by atoms with Crippen molar-refractivity contribution in [3.63, 3.8) is 0 Å². The molecule has 0 saturated heterocycles. The van der Waals surface area contributed by atoms with Crippen molar-refractivity contribution in [2.24, 2.45) is 0 Å². The van der Waals surface area contributed by atoms with Gasteiger partial charge in [0.05, 0.1) is 45.7 Å². The van der Waals surface area contributed by atoms with Crippen LogP contribution in [0.25, 0.3) is 16.6 Å². The summed E-state index contributed by atoms with van der Waals surface area (Å²) in [6, 6.07) is 19.5. The summed E-state index contributed by atoms with van der Waals surface area (Å²) >= 11 is 12.4. The Balaban J connectivity index is 1.90. The van der Waals surface area contributed by atoms with Gasteiger partial charge in [-0.3, -0.25) is 14.2 Å². The number of likely N-dealkylation sites (N-methyl/N-ethyl adjacent to an activating group) is 1. The van der Waals surface area contributed by atoms with E-state index in [2.05, 4.69) is 4.90 Å². The molecule has 1 amide bonds. The van der Waals surface area contributed by atoms with Crippen LogP contribution in [0.3, 0.4) is 0 Å². The number of nitrogens with zero attached hydrogens (tertiary/aromatic N) is 5. The predicted molar refractivity (Wildman–Crippen MR) is 175 cm³/mol. The summed E-state index contributed by atoms with van der Waals surface area (Å²) in [5.74, 6) is 1.13. The molecule has 0 bridgehead atoms. The molecule has 3 aromatic carbocycles. The molecule has 0 aliphatic heterocycles. The van der Waals surface area contributed by atoms with Crippen LogP contribution in [0, 0.1) is 0 Å². The summed E-state index contributed by atoms with van der Waals surface area (Å²) in [5, 5.41) is 1.34. The molecule has 43 heavy (non-hydrogen) atoms. The minimum Gasteiger partial charge on any atom is -0.494 e. The fourth-order valence-corrected chi connectivity index (χ4v) is 5.29. The quantitative estimate of drug-likeness (QED) is 0.190. The fourth-order valence-electron chi connectivity index (χ4n) is 4.97. The van der Waals surface area contributed by atoms with E-state index in [0.29, 0.717) is 70.9 Å². The highest BCUT2D eigenvalue weighted by Crippen LogP contribution is 2.29. The van der Waals surface area contributed by atoms with Crippen molar-refractivity contribution < 1.29 is 9.53 Å². The van der Waals surface area contributed by atoms with Crippen LogP contribution in [0.2, 0.25) is 10.0 Å². The van der Waals surface area contributed by atoms with Gasteiger partial charge in [0.1, 0.15) is 11.6 Å². The highest BCUT2D eigenvalue weighted by Gasteiger charge is 2.30. The zero-order valence-electron chi connectivity index (χ0n) is 25.4. The van der Waals surface area contributed by atoms with E-state index in [4.69, 9.17) is 32.9 Å². The zero-order chi connectivity index (χ0) is 31.1. The van der Waals surface area contributed by atoms with Crippen LogP contribution < -0.4 is 10.3 Å². The van der Waals surface area contributed by atoms with E-state index in [1.807, 2.05) is 93.4 Å². The Bertz CT molecular complexity index is 1600. The third-order valence-electron chi connectivity index (χ3n) is 7.18. The largest absolute Gasteiger partial charge is 0.494 e. The first-order valence-electron chi connectivity index (χ1n) is 14.4. The Morgan fingerprint density at radius 3 is 2.26 bits per heavy atom. The lowest BCUT2D eigenvalue weighted by Crippen LogP contribution is -2.43. The zero-order valence-corrected chi connectivity index (χ0v) is 26.9. The maximum atomic E-state index is 14.2. The Morgan fingerprint density at radius 1 is 0.907 bits per heavy atom. The lowest BCUT2D eigenvalue weighted by molar-refractivity contribution is -0.133. The smallest absolute Gasteiger partial charge is 0.266 e. The van der Waals surface area contributed by atoms with Crippen LogP contribution >= 0.6 is 23.2 Å². The first-order valence-corrected chi connectivity index (χ1v) is 15.1. The van der Waals surface area contributed by atoms with Crippen molar-refractivity contribution in [1.82, 2.24) is 24.3 Å². The summed E-state index contributed by atoms with van der Waals surface area (Å²) in [6.45, 7) is 4.21. The van der Waals surface area contributed by atoms with Crippen molar-refractivity contribution in [2.45, 2.75) is 25.8 Å². The SMILES string of the molecule is CCOc1ccc(-n2c(C(CCN(C)C)N(CCN(C)C)C(=O)Cc3ccc(Cl)c(Cl)c3)nc3ccccc3c2=O)cc1. The lowest BCUT2D eigenvalue weighted by atomic mass is 10.1. The molecular formula is C33H39Cl2N5O3. The number of carbonyl (C=O) groups is 1. The normalized spacial score (nSPS) is 12.2. The summed E-state index contributed by atoms with van der Waals surface area (Å²) in [4.78, 5) is 39.4. The van der Waals surface area contributed by atoms with Gasteiger partial charge in [0, 0.05) is 13.1 Å². The lowest BCUT2D eigenvalue weighted by Gasteiger charge is -2.34. The van der Waals surface area contributed by atoms with Crippen molar-refractivity contribution in [1.29, 1.82) is 0 Å². The third kappa shape index (κ3) is 8.15. The number of halogens is 2. The second-order valence-electron chi connectivity index (χ2n) is 11.0. The second kappa shape index (κ2) is 14.8. The van der Waals surface area contributed by atoms with Crippen LogP contribution in [0.5, 0.6) is 5.75 Å². The molecule has 0 radical (unpaired) electrons. The van der Waals surface area contributed by atoms with E-state index in [1.165, 1.54) is 0 Å². The van der Waals surface area contributed by atoms with Crippen molar-refractivity contribution in [3.05, 3.63) is 98.5 Å². The minimum absolute atomic E-state index is 0.0929. The molecule has 0 aliphatic rings. The molecule has 1 unspecified atom stereocenters. The molecule has 1 heterocycles. The van der Waals surface area contributed by atoms with Crippen molar-refractivity contribution in [2.75, 3.05) is 54.4 Å². The number of aromatic nitrogens is 2. The Kier molecular flexibility index (Phi) is 11.2. The van der Waals surface area contributed by atoms with Gasteiger partial charge < -0.3 is 19.4 Å². The van der Waals surface area contributed by atoms with Gasteiger partial charge in [-0.1, -0.05) is 41.4 Å². The highest BCUT2D eigenvalue weighted by atomic mass is 35.5. The van der Waals surface area contributed by atoms with Gasteiger partial charge in [-0.15, -0.1) is 0 Å². The molecule has 0 spiro atoms. The molecular weight excluding hydrogens is 585 g/mol. The van der Waals surface area contributed by atoms with Gasteiger partial charge in [0.25, 0.3) is 5.56 Å². The van der Waals surface area contributed by atoms with Crippen LogP contribution in [-0.4, -0.2) is 84.6 Å². The number of rotatable bonds is 13. The molecule has 10 heteroatoms. The summed E-state index contributed by atoms with van der Waals surface area (Å²) in [5.41, 5.74) is 1.81. The number of hydrogen-bond acceptors (Lipinski definition) is 6. The Morgan fingerprint density at radius 2 is 1.60 bits per heavy atom. The van der Waals surface area contributed by atoms with Gasteiger partial charge in [-0.05, 0) is 102 Å². The molecule has 4 aromatic rings. The molecule has 0 saturated carbocycles. The number of fused-ring (bicyclic) bond motifs is 1. The van der Waals surface area contributed by atoms with Gasteiger partial charge in [-0.25, -0.2) is 4.98 Å². The molecule has 1 atom stereocenters. The van der Waals surface area contributed by atoms with Gasteiger partial charge >= 0.3 is 0 Å².